The van der Waals surface area contributed by atoms with E-state index in [1.165, 1.54) is 6.92 Å². The van der Waals surface area contributed by atoms with Crippen LogP contribution in [-0.2, 0) is 6.54 Å². The molecule has 1 amide bonds. The molecule has 20 heavy (non-hydrogen) atoms. The first-order valence-corrected chi connectivity index (χ1v) is 6.18. The third kappa shape index (κ3) is 3.69. The summed E-state index contributed by atoms with van der Waals surface area (Å²) < 4.78 is 7.08. The SMILES string of the molecule is CC(O)(CO)CNC(=O)c1ccc(Cn2cccn2)o1. The standard InChI is InChI=1S/C13H17N3O4/c1-13(19,9-17)8-14-12(18)11-4-3-10(20-11)7-16-6-2-5-15-16/h2-6,17,19H,7-9H2,1H3,(H,14,18). The Morgan fingerprint density at radius 1 is 1.55 bits per heavy atom. The van der Waals surface area contributed by atoms with Gasteiger partial charge in [0.2, 0.25) is 0 Å². The van der Waals surface area contributed by atoms with Crippen molar-refractivity contribution in [3.8, 4) is 0 Å². The van der Waals surface area contributed by atoms with E-state index in [-0.39, 0.29) is 12.3 Å². The lowest BCUT2D eigenvalue weighted by atomic mass is 10.1. The molecule has 1 unspecified atom stereocenters. The minimum atomic E-state index is -1.35. The van der Waals surface area contributed by atoms with E-state index in [1.807, 2.05) is 0 Å². The molecule has 0 fully saturated rings. The predicted octanol–water partition coefficient (Wildman–Crippen LogP) is -0.00250. The Bertz CT molecular complexity index is 560. The van der Waals surface area contributed by atoms with Crippen LogP contribution in [-0.4, -0.2) is 44.7 Å². The van der Waals surface area contributed by atoms with Crippen molar-refractivity contribution in [2.45, 2.75) is 19.1 Å². The number of carbonyl (C=O) groups excluding carboxylic acids is 1. The highest BCUT2D eigenvalue weighted by Gasteiger charge is 2.21. The highest BCUT2D eigenvalue weighted by Crippen LogP contribution is 2.09. The maximum absolute atomic E-state index is 11.8. The smallest absolute Gasteiger partial charge is 0.287 e. The Labute approximate surface area is 115 Å². The lowest BCUT2D eigenvalue weighted by Crippen LogP contribution is -2.43. The molecule has 3 N–H and O–H groups in total. The van der Waals surface area contributed by atoms with Gasteiger partial charge < -0.3 is 19.9 Å². The highest BCUT2D eigenvalue weighted by molar-refractivity contribution is 5.91. The summed E-state index contributed by atoms with van der Waals surface area (Å²) in [7, 11) is 0. The largest absolute Gasteiger partial charge is 0.454 e. The number of nitrogens with zero attached hydrogens (tertiary/aromatic N) is 2. The van der Waals surface area contributed by atoms with Crippen molar-refractivity contribution >= 4 is 5.91 Å². The molecule has 0 saturated carbocycles. The number of amides is 1. The van der Waals surface area contributed by atoms with Crippen LogP contribution < -0.4 is 5.32 Å². The molecule has 2 aromatic rings. The molecule has 0 aliphatic rings. The fourth-order valence-corrected chi connectivity index (χ4v) is 1.55. The van der Waals surface area contributed by atoms with Gasteiger partial charge in [-0.05, 0) is 25.1 Å². The van der Waals surface area contributed by atoms with Crippen LogP contribution in [0.25, 0.3) is 0 Å². The van der Waals surface area contributed by atoms with Gasteiger partial charge in [-0.15, -0.1) is 0 Å². The summed E-state index contributed by atoms with van der Waals surface area (Å²) in [6.07, 6.45) is 3.45. The summed E-state index contributed by atoms with van der Waals surface area (Å²) in [6, 6.07) is 5.05. The molecule has 7 heteroatoms. The van der Waals surface area contributed by atoms with Gasteiger partial charge >= 0.3 is 0 Å². The first-order chi connectivity index (χ1) is 9.50. The van der Waals surface area contributed by atoms with E-state index in [0.717, 1.165) is 0 Å². The van der Waals surface area contributed by atoms with Gasteiger partial charge in [0.25, 0.3) is 5.91 Å². The summed E-state index contributed by atoms with van der Waals surface area (Å²) in [6.45, 7) is 1.38. The summed E-state index contributed by atoms with van der Waals surface area (Å²) in [5.74, 6) is 0.319. The average Bonchev–Trinajstić information content (AvgIpc) is 3.08. The third-order valence-electron chi connectivity index (χ3n) is 2.73. The van der Waals surface area contributed by atoms with Crippen LogP contribution in [0.4, 0.5) is 0 Å². The zero-order valence-electron chi connectivity index (χ0n) is 11.1. The molecule has 2 rings (SSSR count). The zero-order chi connectivity index (χ0) is 14.6. The summed E-state index contributed by atoms with van der Waals surface area (Å²) in [5, 5.41) is 25.0. The minimum absolute atomic E-state index is 0.0580. The van der Waals surface area contributed by atoms with Crippen LogP contribution in [0.1, 0.15) is 23.2 Å². The Morgan fingerprint density at radius 3 is 3.00 bits per heavy atom. The fraction of sp³-hybridized carbons (Fsp3) is 0.385. The first-order valence-electron chi connectivity index (χ1n) is 6.18. The maximum Gasteiger partial charge on any atom is 0.287 e. The van der Waals surface area contributed by atoms with E-state index in [0.29, 0.717) is 12.3 Å². The Kier molecular flexibility index (Phi) is 4.21. The van der Waals surface area contributed by atoms with Gasteiger partial charge in [0.15, 0.2) is 5.76 Å². The molecule has 2 heterocycles. The van der Waals surface area contributed by atoms with Crippen molar-refractivity contribution in [2.24, 2.45) is 0 Å². The normalized spacial score (nSPS) is 13.9. The van der Waals surface area contributed by atoms with Gasteiger partial charge in [-0.2, -0.15) is 5.10 Å². The van der Waals surface area contributed by atoms with Crippen LogP contribution in [0.2, 0.25) is 0 Å². The molecule has 0 radical (unpaired) electrons. The number of rotatable bonds is 6. The monoisotopic (exact) mass is 279 g/mol. The van der Waals surface area contributed by atoms with Crippen molar-refractivity contribution in [3.63, 3.8) is 0 Å². The number of furan rings is 1. The molecule has 0 spiro atoms. The second-order valence-electron chi connectivity index (χ2n) is 4.81. The van der Waals surface area contributed by atoms with Gasteiger partial charge in [0.1, 0.15) is 11.4 Å². The summed E-state index contributed by atoms with van der Waals surface area (Å²) in [4.78, 5) is 11.8. The lowest BCUT2D eigenvalue weighted by Gasteiger charge is -2.20. The van der Waals surface area contributed by atoms with Crippen LogP contribution in [0.15, 0.2) is 35.0 Å². The molecule has 108 valence electrons. The number of nitrogens with one attached hydrogen (secondary N) is 1. The summed E-state index contributed by atoms with van der Waals surface area (Å²) in [5.41, 5.74) is -1.35. The average molecular weight is 279 g/mol. The van der Waals surface area contributed by atoms with Gasteiger partial charge in [-0.25, -0.2) is 0 Å². The van der Waals surface area contributed by atoms with Crippen molar-refractivity contribution in [3.05, 3.63) is 42.1 Å². The number of aliphatic hydroxyl groups excluding tert-OH is 1. The van der Waals surface area contributed by atoms with Gasteiger partial charge in [-0.3, -0.25) is 9.48 Å². The molecule has 7 nitrogen and oxygen atoms in total. The number of hydrogen-bond acceptors (Lipinski definition) is 5. The van der Waals surface area contributed by atoms with Crippen molar-refractivity contribution in [2.75, 3.05) is 13.2 Å². The second kappa shape index (κ2) is 5.89. The van der Waals surface area contributed by atoms with E-state index in [4.69, 9.17) is 9.52 Å². The van der Waals surface area contributed by atoms with Crippen LogP contribution in [0.5, 0.6) is 0 Å². The molecule has 0 saturated heterocycles. The number of aliphatic hydroxyl groups is 2. The number of aromatic nitrogens is 2. The Hall–Kier alpha value is -2.12. The van der Waals surface area contributed by atoms with E-state index < -0.39 is 18.1 Å². The van der Waals surface area contributed by atoms with E-state index in [1.54, 1.807) is 35.3 Å². The quantitative estimate of drug-likeness (QED) is 0.691. The molecule has 0 aliphatic heterocycles. The predicted molar refractivity (Wildman–Crippen MR) is 70.1 cm³/mol. The minimum Gasteiger partial charge on any atom is -0.454 e. The van der Waals surface area contributed by atoms with E-state index in [9.17, 15) is 9.90 Å². The summed E-state index contributed by atoms with van der Waals surface area (Å²) >= 11 is 0. The number of carbonyl (C=O) groups is 1. The zero-order valence-corrected chi connectivity index (χ0v) is 11.1. The van der Waals surface area contributed by atoms with Crippen molar-refractivity contribution in [1.29, 1.82) is 0 Å². The van der Waals surface area contributed by atoms with Crippen LogP contribution in [0.3, 0.4) is 0 Å². The van der Waals surface area contributed by atoms with Crippen LogP contribution >= 0.6 is 0 Å². The molecular weight excluding hydrogens is 262 g/mol. The lowest BCUT2D eigenvalue weighted by molar-refractivity contribution is 0.00299. The topological polar surface area (TPSA) is 101 Å². The Balaban J connectivity index is 1.93. The number of hydrogen-bond donors (Lipinski definition) is 3. The fourth-order valence-electron chi connectivity index (χ4n) is 1.55. The van der Waals surface area contributed by atoms with Gasteiger partial charge in [0.05, 0.1) is 13.2 Å². The van der Waals surface area contributed by atoms with Gasteiger partial charge in [0, 0.05) is 18.9 Å². The highest BCUT2D eigenvalue weighted by atomic mass is 16.4. The molecular formula is C13H17N3O4. The Morgan fingerprint density at radius 2 is 2.35 bits per heavy atom. The van der Waals surface area contributed by atoms with Crippen LogP contribution in [0, 0.1) is 0 Å². The molecule has 2 aromatic heterocycles. The second-order valence-corrected chi connectivity index (χ2v) is 4.81. The first kappa shape index (κ1) is 14.3. The molecule has 0 aliphatic carbocycles. The van der Waals surface area contributed by atoms with E-state index >= 15 is 0 Å². The third-order valence-corrected chi connectivity index (χ3v) is 2.73. The molecule has 0 bridgehead atoms. The maximum atomic E-state index is 11.8. The molecule has 0 aromatic carbocycles. The van der Waals surface area contributed by atoms with Gasteiger partial charge in [-0.1, -0.05) is 0 Å². The van der Waals surface area contributed by atoms with E-state index in [2.05, 4.69) is 10.4 Å². The molecule has 1 atom stereocenters. The van der Waals surface area contributed by atoms with Crippen molar-refractivity contribution in [1.82, 2.24) is 15.1 Å². The van der Waals surface area contributed by atoms with Crippen molar-refractivity contribution < 1.29 is 19.4 Å².